The Labute approximate surface area is 561 Å². The average molecular weight is 1240 g/mol. The summed E-state index contributed by atoms with van der Waals surface area (Å²) < 4.78 is 7.53. The van der Waals surface area contributed by atoms with Gasteiger partial charge in [-0.25, -0.2) is 24.9 Å². The predicted octanol–water partition coefficient (Wildman–Crippen LogP) is 22.5. The molecule has 12 aromatic carbocycles. The Hall–Kier alpha value is -12.7. The monoisotopic (exact) mass is 1240 g/mol. The van der Waals surface area contributed by atoms with Crippen molar-refractivity contribution in [3.8, 4) is 107 Å². The fourth-order valence-electron chi connectivity index (χ4n) is 14.6. The van der Waals surface area contributed by atoms with E-state index in [1.54, 1.807) is 0 Å². The molecule has 0 spiro atoms. The van der Waals surface area contributed by atoms with Crippen LogP contribution in [0.2, 0.25) is 0 Å². The summed E-state index contributed by atoms with van der Waals surface area (Å²) in [7, 11) is 0. The van der Waals surface area contributed by atoms with Crippen molar-refractivity contribution in [2.45, 2.75) is 27.7 Å². The summed E-state index contributed by atoms with van der Waals surface area (Å²) in [6.45, 7) is 8.76. The highest BCUT2D eigenvalue weighted by Gasteiger charge is 2.33. The maximum absolute atomic E-state index is 5.97. The molecule has 18 aromatic rings. The molecule has 0 aliphatic rings. The molecule has 0 aliphatic heterocycles. The van der Waals surface area contributed by atoms with Gasteiger partial charge in [0, 0.05) is 76.8 Å². The molecule has 0 saturated carbocycles. The van der Waals surface area contributed by atoms with Gasteiger partial charge in [0.1, 0.15) is 0 Å². The first-order chi connectivity index (χ1) is 47.7. The van der Waals surface area contributed by atoms with Crippen LogP contribution in [0.1, 0.15) is 22.3 Å². The topological polar surface area (TPSA) is 79.2 Å². The van der Waals surface area contributed by atoms with Crippen molar-refractivity contribution >= 4 is 65.4 Å². The van der Waals surface area contributed by atoms with E-state index >= 15 is 0 Å². The van der Waals surface area contributed by atoms with E-state index in [0.29, 0.717) is 11.6 Å². The van der Waals surface area contributed by atoms with E-state index in [-0.39, 0.29) is 0 Å². The van der Waals surface area contributed by atoms with Gasteiger partial charge in [-0.1, -0.05) is 229 Å². The number of para-hydroxylation sites is 1. The lowest BCUT2D eigenvalue weighted by Crippen LogP contribution is -2.12. The third kappa shape index (κ3) is 9.79. The minimum absolute atomic E-state index is 0.595. The van der Waals surface area contributed by atoms with Crippen LogP contribution in [0.4, 0.5) is 0 Å². The molecule has 0 fully saturated rings. The van der Waals surface area contributed by atoms with Crippen molar-refractivity contribution in [1.29, 1.82) is 0 Å². The predicted molar refractivity (Wildman–Crippen MR) is 401 cm³/mol. The number of hydrogen-bond donors (Lipinski definition) is 0. The van der Waals surface area contributed by atoms with Gasteiger partial charge in [0.2, 0.25) is 0 Å². The quantitative estimate of drug-likeness (QED) is 0.129. The van der Waals surface area contributed by atoms with Crippen molar-refractivity contribution in [3.63, 3.8) is 0 Å². The summed E-state index contributed by atoms with van der Waals surface area (Å²) in [5, 5.41) is 6.75. The molecular formula is C89H62N8. The van der Waals surface area contributed by atoms with E-state index in [2.05, 4.69) is 339 Å². The number of aryl methyl sites for hydroxylation is 4. The fraction of sp³-hybridized carbons (Fsp3) is 0.0449. The number of aromatic nitrogens is 8. The molecule has 0 atom stereocenters. The number of hydrogen-bond acceptors (Lipinski definition) is 5. The van der Waals surface area contributed by atoms with Crippen LogP contribution in [0.25, 0.3) is 173 Å². The van der Waals surface area contributed by atoms with Crippen LogP contribution in [0.5, 0.6) is 0 Å². The van der Waals surface area contributed by atoms with Crippen LogP contribution in [-0.4, -0.2) is 38.6 Å². The van der Waals surface area contributed by atoms with Gasteiger partial charge in [0.25, 0.3) is 0 Å². The van der Waals surface area contributed by atoms with E-state index in [4.69, 9.17) is 24.9 Å². The largest absolute Gasteiger partial charge is 0.308 e. The summed E-state index contributed by atoms with van der Waals surface area (Å²) in [6, 6.07) is 109. The first kappa shape index (κ1) is 57.0. The lowest BCUT2D eigenvalue weighted by Gasteiger charge is -2.27. The Balaban J connectivity index is 1.11. The number of rotatable bonds is 11. The number of fused-ring (bicyclic) bond motifs is 9. The molecule has 0 aliphatic carbocycles. The van der Waals surface area contributed by atoms with Gasteiger partial charge >= 0.3 is 0 Å². The number of pyridine rings is 1. The SMILES string of the molecule is Cc1ccc2c(c1)c1cc(C)ccc1n2-c1cc(-n2c3ccc(C)cc3c3cc(C)ccc32)c(-c2cc(-c3ccccc3)nc(-c3ccccc3)n2)c(-n2c3ccccc3c3cc(-c4cccc(-c5ccccc5)n4)ccc32)c1-c1cc(-c2ccccc2)nc(-c2ccccc2)n1. The maximum Gasteiger partial charge on any atom is 0.160 e. The Morgan fingerprint density at radius 2 is 0.536 bits per heavy atom. The summed E-state index contributed by atoms with van der Waals surface area (Å²) >= 11 is 0. The zero-order valence-electron chi connectivity index (χ0n) is 53.9. The van der Waals surface area contributed by atoms with E-state index in [1.165, 1.54) is 22.3 Å². The van der Waals surface area contributed by atoms with Crippen molar-refractivity contribution < 1.29 is 0 Å². The van der Waals surface area contributed by atoms with Gasteiger partial charge in [-0.3, -0.25) is 0 Å². The Morgan fingerprint density at radius 3 is 0.969 bits per heavy atom. The van der Waals surface area contributed by atoms with Crippen molar-refractivity contribution in [2.24, 2.45) is 0 Å². The zero-order chi connectivity index (χ0) is 64.8. The van der Waals surface area contributed by atoms with Gasteiger partial charge in [-0.15, -0.1) is 0 Å². The Bertz CT molecular complexity index is 5640. The van der Waals surface area contributed by atoms with E-state index in [0.717, 1.165) is 161 Å². The molecular weight excluding hydrogens is 1180 g/mol. The van der Waals surface area contributed by atoms with Gasteiger partial charge in [-0.2, -0.15) is 0 Å². The molecule has 8 heteroatoms. The van der Waals surface area contributed by atoms with Crippen LogP contribution in [0.15, 0.2) is 303 Å². The minimum atomic E-state index is 0.595. The average Bonchev–Trinajstić information content (AvgIpc) is 1.64. The Morgan fingerprint density at radius 1 is 0.206 bits per heavy atom. The van der Waals surface area contributed by atoms with E-state index in [1.807, 2.05) is 6.07 Å². The molecule has 6 aromatic heterocycles. The minimum Gasteiger partial charge on any atom is -0.308 e. The lowest BCUT2D eigenvalue weighted by molar-refractivity contribution is 1.08. The highest BCUT2D eigenvalue weighted by molar-refractivity contribution is 6.16. The van der Waals surface area contributed by atoms with Gasteiger partial charge in [0.05, 0.1) is 84.3 Å². The van der Waals surface area contributed by atoms with Crippen LogP contribution in [-0.2, 0) is 0 Å². The molecule has 0 bridgehead atoms. The van der Waals surface area contributed by atoms with Crippen LogP contribution < -0.4 is 0 Å². The smallest absolute Gasteiger partial charge is 0.160 e. The Kier molecular flexibility index (Phi) is 13.6. The van der Waals surface area contributed by atoms with Crippen LogP contribution in [0.3, 0.4) is 0 Å². The number of benzene rings is 12. The third-order valence-electron chi connectivity index (χ3n) is 19.1. The highest BCUT2D eigenvalue weighted by atomic mass is 15.1. The van der Waals surface area contributed by atoms with Gasteiger partial charge < -0.3 is 13.7 Å². The molecule has 0 N–H and O–H groups in total. The normalized spacial score (nSPS) is 11.7. The molecule has 0 unspecified atom stereocenters. The van der Waals surface area contributed by atoms with Crippen LogP contribution in [0, 0.1) is 27.7 Å². The van der Waals surface area contributed by atoms with Crippen molar-refractivity contribution in [2.75, 3.05) is 0 Å². The molecule has 0 saturated heterocycles. The third-order valence-corrected chi connectivity index (χ3v) is 19.1. The van der Waals surface area contributed by atoms with Crippen molar-refractivity contribution in [3.05, 3.63) is 326 Å². The fourth-order valence-corrected chi connectivity index (χ4v) is 14.6. The molecule has 0 radical (unpaired) electrons. The van der Waals surface area contributed by atoms with E-state index < -0.39 is 0 Å². The van der Waals surface area contributed by atoms with Gasteiger partial charge in [-0.05, 0) is 125 Å². The second-order valence-corrected chi connectivity index (χ2v) is 25.5. The van der Waals surface area contributed by atoms with Crippen molar-refractivity contribution in [1.82, 2.24) is 38.6 Å². The summed E-state index contributed by atoms with van der Waals surface area (Å²) in [5.41, 5.74) is 25.9. The summed E-state index contributed by atoms with van der Waals surface area (Å²) in [6.07, 6.45) is 0. The molecule has 8 nitrogen and oxygen atoms in total. The lowest BCUT2D eigenvalue weighted by atomic mass is 9.94. The standard InChI is InChI=1S/C89H62N8/c1-55-37-42-78-66(47-55)67-48-56(2)38-43-79(67)95(78)83-54-84(96-80-44-39-57(3)49-68(80)69-50-58(4)40-45-81(69)96)86(76-53-74(61-27-14-7-15-28-61)92-89(94-76)63-31-18-9-19-32-63)87(85(83)75-52-73(60-25-12-6-13-26-60)91-88(93-75)62-29-16-8-17-30-62)97-77-36-21-20-33-65(77)70-51-64(41-46-82(70)97)72-35-22-34-71(90-72)59-23-10-5-11-24-59/h5-54H,1-4H3. The number of nitrogens with zero attached hydrogens (tertiary/aromatic N) is 8. The summed E-state index contributed by atoms with van der Waals surface area (Å²) in [5.74, 6) is 1.19. The maximum atomic E-state index is 5.97. The molecule has 0 amide bonds. The molecule has 18 rings (SSSR count). The molecule has 6 heterocycles. The van der Waals surface area contributed by atoms with Crippen LogP contribution >= 0.6 is 0 Å². The highest BCUT2D eigenvalue weighted by Crippen LogP contribution is 2.51. The zero-order valence-corrected chi connectivity index (χ0v) is 53.9. The van der Waals surface area contributed by atoms with Gasteiger partial charge in [0.15, 0.2) is 11.6 Å². The second kappa shape index (κ2) is 23.1. The second-order valence-electron chi connectivity index (χ2n) is 25.5. The first-order valence-corrected chi connectivity index (χ1v) is 33.0. The molecule has 458 valence electrons. The summed E-state index contributed by atoms with van der Waals surface area (Å²) in [4.78, 5) is 28.3. The molecule has 97 heavy (non-hydrogen) atoms. The van der Waals surface area contributed by atoms with E-state index in [9.17, 15) is 0 Å². The first-order valence-electron chi connectivity index (χ1n) is 33.0.